The van der Waals surface area contributed by atoms with E-state index in [1.807, 2.05) is 12.1 Å². The number of allylic oxidation sites excluding steroid dienone is 2. The van der Waals surface area contributed by atoms with Gasteiger partial charge in [-0.25, -0.2) is 9.59 Å². The van der Waals surface area contributed by atoms with Crippen molar-refractivity contribution in [3.05, 3.63) is 87.8 Å². The van der Waals surface area contributed by atoms with Crippen LogP contribution < -0.4 is 16.3 Å². The third-order valence-electron chi connectivity index (χ3n) is 5.99. The highest BCUT2D eigenvalue weighted by Crippen LogP contribution is 2.38. The minimum absolute atomic E-state index is 0.0259. The number of anilines is 2. The van der Waals surface area contributed by atoms with Gasteiger partial charge in [-0.05, 0) is 53.8 Å². The van der Waals surface area contributed by atoms with E-state index >= 15 is 0 Å². The highest BCUT2D eigenvalue weighted by molar-refractivity contribution is 6.48. The maximum Gasteiger partial charge on any atom is 0.354 e. The van der Waals surface area contributed by atoms with Crippen LogP contribution in [0.25, 0.3) is 17.0 Å². The highest BCUT2D eigenvalue weighted by atomic mass is 16.4. The number of amides is 1. The summed E-state index contributed by atoms with van der Waals surface area (Å²) in [6.07, 6.45) is 4.96. The molecule has 1 aromatic heterocycles. The standard InChI is InChI=1S/C27H25N3O5/c1-27(2)11-12-29-21-15-22-17(14-20(21)27)13-16(26(34)35-22)7-6-10-19(23(28)25(32)33)24(31)30-18-8-4-3-5-9-18/h3-10,13-15,28-29H,11-12H2,1-2H3,(H,30,31)(H,32,33)/b7-6+,19-10-,28-23?. The molecule has 0 unspecified atom stereocenters. The lowest BCUT2D eigenvalue weighted by atomic mass is 9.78. The molecule has 0 atom stereocenters. The monoisotopic (exact) mass is 471 g/mol. The quantitative estimate of drug-likeness (QED) is 0.180. The summed E-state index contributed by atoms with van der Waals surface area (Å²) in [5, 5.41) is 23.7. The van der Waals surface area contributed by atoms with Gasteiger partial charge in [0.1, 0.15) is 5.58 Å². The molecule has 4 rings (SSSR count). The van der Waals surface area contributed by atoms with Crippen LogP contribution in [0.2, 0.25) is 0 Å². The van der Waals surface area contributed by atoms with Crippen molar-refractivity contribution < 1.29 is 19.1 Å². The van der Waals surface area contributed by atoms with E-state index in [4.69, 9.17) is 9.83 Å². The van der Waals surface area contributed by atoms with Gasteiger partial charge in [-0.15, -0.1) is 0 Å². The molecule has 178 valence electrons. The first-order chi connectivity index (χ1) is 16.7. The molecular weight excluding hydrogens is 446 g/mol. The third kappa shape index (κ3) is 5.06. The van der Waals surface area contributed by atoms with E-state index < -0.39 is 23.2 Å². The molecule has 2 heterocycles. The number of carbonyl (C=O) groups excluding carboxylic acids is 1. The topological polar surface area (TPSA) is 132 Å². The molecule has 0 saturated carbocycles. The Morgan fingerprint density at radius 1 is 1.17 bits per heavy atom. The number of carboxylic acids is 1. The number of carboxylic acid groups (broad SMARTS) is 1. The molecule has 0 radical (unpaired) electrons. The molecule has 35 heavy (non-hydrogen) atoms. The summed E-state index contributed by atoms with van der Waals surface area (Å²) >= 11 is 0. The van der Waals surface area contributed by atoms with Crippen LogP contribution in [0, 0.1) is 5.41 Å². The number of aliphatic carboxylic acids is 1. The van der Waals surface area contributed by atoms with Gasteiger partial charge in [0.05, 0.1) is 11.1 Å². The molecule has 8 heteroatoms. The van der Waals surface area contributed by atoms with Crippen molar-refractivity contribution >= 4 is 46.0 Å². The number of para-hydroxylation sites is 1. The highest BCUT2D eigenvalue weighted by Gasteiger charge is 2.28. The summed E-state index contributed by atoms with van der Waals surface area (Å²) < 4.78 is 5.51. The summed E-state index contributed by atoms with van der Waals surface area (Å²) in [5.41, 5.74) is 1.42. The second-order valence-corrected chi connectivity index (χ2v) is 8.93. The lowest BCUT2D eigenvalue weighted by Crippen LogP contribution is -2.28. The summed E-state index contributed by atoms with van der Waals surface area (Å²) in [7, 11) is 0. The first-order valence-electron chi connectivity index (χ1n) is 11.1. The van der Waals surface area contributed by atoms with Gasteiger partial charge in [-0.2, -0.15) is 0 Å². The fraction of sp³-hybridized carbons (Fsp3) is 0.185. The Kier molecular flexibility index (Phi) is 6.38. The molecule has 3 aromatic rings. The van der Waals surface area contributed by atoms with Crippen molar-refractivity contribution in [3.63, 3.8) is 0 Å². The number of hydrogen-bond acceptors (Lipinski definition) is 6. The van der Waals surface area contributed by atoms with E-state index in [0.29, 0.717) is 11.3 Å². The summed E-state index contributed by atoms with van der Waals surface area (Å²) in [5.74, 6) is -2.29. The Labute approximate surface area is 201 Å². The smallest absolute Gasteiger partial charge is 0.354 e. The van der Waals surface area contributed by atoms with Crippen molar-refractivity contribution in [1.82, 2.24) is 0 Å². The van der Waals surface area contributed by atoms with Crippen LogP contribution in [-0.4, -0.2) is 29.2 Å². The summed E-state index contributed by atoms with van der Waals surface area (Å²) in [4.78, 5) is 36.5. The van der Waals surface area contributed by atoms with Gasteiger partial charge < -0.3 is 20.2 Å². The van der Waals surface area contributed by atoms with Crippen molar-refractivity contribution in [2.75, 3.05) is 17.2 Å². The number of fused-ring (bicyclic) bond motifs is 2. The number of nitrogens with one attached hydrogen (secondary N) is 3. The maximum absolute atomic E-state index is 12.6. The Morgan fingerprint density at radius 3 is 2.63 bits per heavy atom. The van der Waals surface area contributed by atoms with Crippen LogP contribution in [0.1, 0.15) is 31.4 Å². The predicted molar refractivity (Wildman–Crippen MR) is 136 cm³/mol. The maximum atomic E-state index is 12.6. The molecule has 1 aliphatic heterocycles. The molecule has 1 aliphatic rings. The van der Waals surface area contributed by atoms with Crippen LogP contribution in [0.3, 0.4) is 0 Å². The Balaban J connectivity index is 1.67. The van der Waals surface area contributed by atoms with Crippen molar-refractivity contribution in [1.29, 1.82) is 5.41 Å². The summed E-state index contributed by atoms with van der Waals surface area (Å²) in [6.45, 7) is 5.18. The zero-order chi connectivity index (χ0) is 25.2. The van der Waals surface area contributed by atoms with Gasteiger partial charge in [0.2, 0.25) is 0 Å². The second kappa shape index (κ2) is 9.42. The van der Waals surface area contributed by atoms with E-state index in [2.05, 4.69) is 24.5 Å². The molecule has 1 amide bonds. The van der Waals surface area contributed by atoms with Crippen LogP contribution in [0.4, 0.5) is 11.4 Å². The number of hydrogen-bond donors (Lipinski definition) is 4. The van der Waals surface area contributed by atoms with Gasteiger partial charge in [0.15, 0.2) is 5.71 Å². The van der Waals surface area contributed by atoms with Crippen molar-refractivity contribution in [2.24, 2.45) is 0 Å². The minimum atomic E-state index is -1.54. The van der Waals surface area contributed by atoms with Gasteiger partial charge in [-0.1, -0.05) is 38.1 Å². The Morgan fingerprint density at radius 2 is 1.91 bits per heavy atom. The number of rotatable bonds is 6. The zero-order valence-corrected chi connectivity index (χ0v) is 19.3. The van der Waals surface area contributed by atoms with Gasteiger partial charge in [0, 0.05) is 29.4 Å². The molecule has 0 spiro atoms. The number of carbonyl (C=O) groups is 2. The Hall–Kier alpha value is -4.46. The number of benzene rings is 2. The van der Waals surface area contributed by atoms with Crippen LogP contribution in [0.5, 0.6) is 0 Å². The first kappa shape index (κ1) is 23.7. The molecular formula is C27H25N3O5. The molecule has 2 aromatic carbocycles. The van der Waals surface area contributed by atoms with E-state index in [1.54, 1.807) is 36.4 Å². The largest absolute Gasteiger partial charge is 0.477 e. The molecule has 0 aliphatic carbocycles. The SMILES string of the molecule is CC1(C)CCNc2cc3oc(=O)c(/C=C/C=C(/C(=N)C(=O)O)C(=O)Nc4ccccc4)cc3cc21. The first-order valence-corrected chi connectivity index (χ1v) is 11.1. The fourth-order valence-electron chi connectivity index (χ4n) is 4.01. The molecule has 0 bridgehead atoms. The Bertz CT molecular complexity index is 1450. The fourth-order valence-corrected chi connectivity index (χ4v) is 4.01. The third-order valence-corrected chi connectivity index (χ3v) is 5.99. The van der Waals surface area contributed by atoms with Crippen LogP contribution in [0.15, 0.2) is 75.5 Å². The van der Waals surface area contributed by atoms with Crippen molar-refractivity contribution in [2.45, 2.75) is 25.7 Å². The normalized spacial score (nSPS) is 14.9. The van der Waals surface area contributed by atoms with E-state index in [-0.39, 0.29) is 16.6 Å². The minimum Gasteiger partial charge on any atom is -0.477 e. The lowest BCUT2D eigenvalue weighted by Gasteiger charge is -2.33. The van der Waals surface area contributed by atoms with E-state index in [1.165, 1.54) is 18.2 Å². The van der Waals surface area contributed by atoms with Gasteiger partial charge in [-0.3, -0.25) is 10.2 Å². The molecule has 4 N–H and O–H groups in total. The van der Waals surface area contributed by atoms with Crippen molar-refractivity contribution in [3.8, 4) is 0 Å². The van der Waals surface area contributed by atoms with E-state index in [0.717, 1.165) is 29.6 Å². The summed E-state index contributed by atoms with van der Waals surface area (Å²) in [6, 6.07) is 14.0. The second-order valence-electron chi connectivity index (χ2n) is 8.93. The molecule has 0 fully saturated rings. The van der Waals surface area contributed by atoms with Crippen LogP contribution in [-0.2, 0) is 15.0 Å². The van der Waals surface area contributed by atoms with Gasteiger partial charge in [0.25, 0.3) is 5.91 Å². The average Bonchev–Trinajstić information content (AvgIpc) is 2.81. The zero-order valence-electron chi connectivity index (χ0n) is 19.3. The molecule has 8 nitrogen and oxygen atoms in total. The average molecular weight is 472 g/mol. The predicted octanol–water partition coefficient (Wildman–Crippen LogP) is 4.57. The van der Waals surface area contributed by atoms with Gasteiger partial charge >= 0.3 is 11.6 Å². The van der Waals surface area contributed by atoms with Crippen LogP contribution >= 0.6 is 0 Å². The van der Waals surface area contributed by atoms with E-state index in [9.17, 15) is 19.5 Å². The molecule has 0 saturated heterocycles. The lowest BCUT2D eigenvalue weighted by molar-refractivity contribution is -0.129.